The van der Waals surface area contributed by atoms with Gasteiger partial charge in [-0.2, -0.15) is 4.98 Å². The molecule has 1 aromatic carbocycles. The normalized spacial score (nSPS) is 11.9. The Bertz CT molecular complexity index is 924. The summed E-state index contributed by atoms with van der Waals surface area (Å²) in [5.74, 6) is 0.815. The van der Waals surface area contributed by atoms with Gasteiger partial charge in [0.05, 0.1) is 7.11 Å². The number of esters is 1. The van der Waals surface area contributed by atoms with E-state index in [-0.39, 0.29) is 11.6 Å². The van der Waals surface area contributed by atoms with Crippen LogP contribution in [0.2, 0.25) is 0 Å². The minimum atomic E-state index is -0.490. The SMILES string of the molecule is CCC(CCCCCCc1ccccc1)c1noc(-c2cccc(C(=O)OC)n2)n1. The van der Waals surface area contributed by atoms with Crippen LogP contribution in [-0.2, 0) is 11.2 Å². The highest BCUT2D eigenvalue weighted by Gasteiger charge is 2.19. The highest BCUT2D eigenvalue weighted by atomic mass is 16.5. The lowest BCUT2D eigenvalue weighted by Gasteiger charge is -2.10. The Kier molecular flexibility index (Phi) is 8.12. The number of hydrogen-bond acceptors (Lipinski definition) is 6. The van der Waals surface area contributed by atoms with Crippen molar-refractivity contribution in [1.29, 1.82) is 0 Å². The summed E-state index contributed by atoms with van der Waals surface area (Å²) in [5.41, 5.74) is 2.11. The number of rotatable bonds is 11. The van der Waals surface area contributed by atoms with Crippen LogP contribution in [0.1, 0.15) is 73.2 Å². The lowest BCUT2D eigenvalue weighted by atomic mass is 9.97. The van der Waals surface area contributed by atoms with E-state index >= 15 is 0 Å². The van der Waals surface area contributed by atoms with Crippen molar-refractivity contribution in [2.24, 2.45) is 0 Å². The van der Waals surface area contributed by atoms with Gasteiger partial charge in [0.25, 0.3) is 5.89 Å². The maximum Gasteiger partial charge on any atom is 0.356 e. The van der Waals surface area contributed by atoms with Crippen molar-refractivity contribution < 1.29 is 14.1 Å². The minimum Gasteiger partial charge on any atom is -0.464 e. The van der Waals surface area contributed by atoms with Crippen LogP contribution in [0.15, 0.2) is 53.1 Å². The fourth-order valence-electron chi connectivity index (χ4n) is 3.51. The van der Waals surface area contributed by atoms with Crippen molar-refractivity contribution >= 4 is 5.97 Å². The van der Waals surface area contributed by atoms with Gasteiger partial charge in [-0.05, 0) is 43.4 Å². The van der Waals surface area contributed by atoms with E-state index in [1.807, 2.05) is 0 Å². The Morgan fingerprint density at radius 3 is 2.57 bits per heavy atom. The fraction of sp³-hybridized carbons (Fsp3) is 0.417. The number of aryl methyl sites for hydroxylation is 1. The Balaban J connectivity index is 1.49. The first-order valence-electron chi connectivity index (χ1n) is 10.6. The zero-order valence-electron chi connectivity index (χ0n) is 17.7. The standard InChI is InChI=1S/C24H29N3O3/c1-3-19(15-10-5-4-7-12-18-13-8-6-9-14-18)22-26-23(30-27-22)20-16-11-17-21(25-20)24(28)29-2/h6,8-9,11,13-14,16-17,19H,3-5,7,10,12,15H2,1-2H3. The summed E-state index contributed by atoms with van der Waals surface area (Å²) in [6, 6.07) is 15.7. The van der Waals surface area contributed by atoms with E-state index in [1.165, 1.54) is 31.9 Å². The fourth-order valence-corrected chi connectivity index (χ4v) is 3.51. The molecule has 0 saturated carbocycles. The Morgan fingerprint density at radius 1 is 1.00 bits per heavy atom. The average molecular weight is 408 g/mol. The molecule has 0 fully saturated rings. The molecule has 0 N–H and O–H groups in total. The zero-order chi connectivity index (χ0) is 21.2. The number of carbonyl (C=O) groups is 1. The van der Waals surface area contributed by atoms with E-state index in [2.05, 4.69) is 52.4 Å². The smallest absolute Gasteiger partial charge is 0.356 e. The monoisotopic (exact) mass is 407 g/mol. The predicted octanol–water partition coefficient (Wildman–Crippen LogP) is 5.61. The maximum absolute atomic E-state index is 11.7. The van der Waals surface area contributed by atoms with Gasteiger partial charge >= 0.3 is 5.97 Å². The number of carbonyl (C=O) groups excluding carboxylic acids is 1. The van der Waals surface area contributed by atoms with Crippen LogP contribution in [0.5, 0.6) is 0 Å². The van der Waals surface area contributed by atoms with E-state index in [4.69, 9.17) is 9.26 Å². The number of unbranched alkanes of at least 4 members (excludes halogenated alkanes) is 3. The molecule has 0 bridgehead atoms. The number of benzene rings is 1. The van der Waals surface area contributed by atoms with Crippen LogP contribution in [0.25, 0.3) is 11.6 Å². The van der Waals surface area contributed by atoms with E-state index in [9.17, 15) is 4.79 Å². The van der Waals surface area contributed by atoms with Gasteiger partial charge in [0.15, 0.2) is 5.82 Å². The van der Waals surface area contributed by atoms with Crippen LogP contribution >= 0.6 is 0 Å². The molecule has 3 rings (SSSR count). The second kappa shape index (κ2) is 11.2. The minimum absolute atomic E-state index is 0.220. The molecule has 0 aliphatic carbocycles. The molecule has 158 valence electrons. The van der Waals surface area contributed by atoms with Gasteiger partial charge < -0.3 is 9.26 Å². The molecule has 0 aliphatic rings. The third-order valence-corrected chi connectivity index (χ3v) is 5.27. The molecule has 1 atom stereocenters. The van der Waals surface area contributed by atoms with Crippen molar-refractivity contribution in [3.8, 4) is 11.6 Å². The van der Waals surface area contributed by atoms with Crippen molar-refractivity contribution in [2.75, 3.05) is 7.11 Å². The van der Waals surface area contributed by atoms with Crippen LogP contribution in [0.3, 0.4) is 0 Å². The molecular weight excluding hydrogens is 378 g/mol. The molecule has 2 aromatic heterocycles. The summed E-state index contributed by atoms with van der Waals surface area (Å²) in [5, 5.41) is 4.17. The van der Waals surface area contributed by atoms with Crippen LogP contribution in [-0.4, -0.2) is 28.2 Å². The van der Waals surface area contributed by atoms with Crippen LogP contribution in [0, 0.1) is 0 Å². The third-order valence-electron chi connectivity index (χ3n) is 5.27. The van der Waals surface area contributed by atoms with Crippen molar-refractivity contribution in [1.82, 2.24) is 15.1 Å². The summed E-state index contributed by atoms with van der Waals surface area (Å²) in [6.45, 7) is 2.15. The van der Waals surface area contributed by atoms with Gasteiger partial charge in [0.2, 0.25) is 0 Å². The highest BCUT2D eigenvalue weighted by molar-refractivity contribution is 5.87. The molecule has 0 aliphatic heterocycles. The molecule has 1 unspecified atom stereocenters. The Morgan fingerprint density at radius 2 is 1.80 bits per heavy atom. The summed E-state index contributed by atoms with van der Waals surface area (Å²) >= 11 is 0. The molecule has 0 saturated heterocycles. The summed E-state index contributed by atoms with van der Waals surface area (Å²) in [7, 11) is 1.33. The molecule has 0 radical (unpaired) electrons. The quantitative estimate of drug-likeness (QED) is 0.304. The molecule has 6 nitrogen and oxygen atoms in total. The Hall–Kier alpha value is -3.02. The molecule has 6 heteroatoms. The van der Waals surface area contributed by atoms with Gasteiger partial charge in [0, 0.05) is 5.92 Å². The number of hydrogen-bond donors (Lipinski definition) is 0. The van der Waals surface area contributed by atoms with Crippen LogP contribution in [0.4, 0.5) is 0 Å². The second-order valence-electron chi connectivity index (χ2n) is 7.40. The molecule has 3 aromatic rings. The van der Waals surface area contributed by atoms with Crippen molar-refractivity contribution in [3.05, 3.63) is 65.6 Å². The van der Waals surface area contributed by atoms with E-state index in [0.29, 0.717) is 17.4 Å². The number of aromatic nitrogens is 3. The largest absolute Gasteiger partial charge is 0.464 e. The summed E-state index contributed by atoms with van der Waals surface area (Å²) in [6.07, 6.45) is 7.94. The second-order valence-corrected chi connectivity index (χ2v) is 7.40. The third kappa shape index (κ3) is 5.99. The van der Waals surface area contributed by atoms with Crippen molar-refractivity contribution in [2.45, 2.75) is 57.8 Å². The van der Waals surface area contributed by atoms with Gasteiger partial charge in [-0.1, -0.05) is 67.7 Å². The highest BCUT2D eigenvalue weighted by Crippen LogP contribution is 2.26. The van der Waals surface area contributed by atoms with E-state index < -0.39 is 5.97 Å². The zero-order valence-corrected chi connectivity index (χ0v) is 17.7. The predicted molar refractivity (Wildman–Crippen MR) is 115 cm³/mol. The van der Waals surface area contributed by atoms with Gasteiger partial charge in [-0.15, -0.1) is 0 Å². The Labute approximate surface area is 177 Å². The number of ether oxygens (including phenoxy) is 1. The number of pyridine rings is 1. The lowest BCUT2D eigenvalue weighted by molar-refractivity contribution is 0.0594. The molecule has 0 spiro atoms. The van der Waals surface area contributed by atoms with Gasteiger partial charge in [-0.3, -0.25) is 0 Å². The first-order valence-corrected chi connectivity index (χ1v) is 10.6. The topological polar surface area (TPSA) is 78.1 Å². The molecule has 30 heavy (non-hydrogen) atoms. The average Bonchev–Trinajstić information content (AvgIpc) is 3.29. The van der Waals surface area contributed by atoms with Crippen molar-refractivity contribution in [3.63, 3.8) is 0 Å². The van der Waals surface area contributed by atoms with Crippen LogP contribution < -0.4 is 0 Å². The molecular formula is C24H29N3O3. The first-order chi connectivity index (χ1) is 14.7. The number of methoxy groups -OCH3 is 1. The van der Waals surface area contributed by atoms with E-state index in [1.54, 1.807) is 18.2 Å². The lowest BCUT2D eigenvalue weighted by Crippen LogP contribution is -2.04. The molecule has 0 amide bonds. The van der Waals surface area contributed by atoms with E-state index in [0.717, 1.165) is 25.7 Å². The first kappa shape index (κ1) is 21.7. The van der Waals surface area contributed by atoms with Gasteiger partial charge in [0.1, 0.15) is 11.4 Å². The maximum atomic E-state index is 11.7. The summed E-state index contributed by atoms with van der Waals surface area (Å²) in [4.78, 5) is 20.5. The van der Waals surface area contributed by atoms with Gasteiger partial charge in [-0.25, -0.2) is 9.78 Å². The molecule has 2 heterocycles. The number of nitrogens with zero attached hydrogens (tertiary/aromatic N) is 3. The summed E-state index contributed by atoms with van der Waals surface area (Å²) < 4.78 is 10.1.